The Bertz CT molecular complexity index is 548. The zero-order valence-corrected chi connectivity index (χ0v) is 11.3. The molecule has 106 valence electrons. The number of nitrogens with two attached hydrogens (primary N) is 1. The third-order valence-corrected chi connectivity index (χ3v) is 3.18. The van der Waals surface area contributed by atoms with E-state index in [1.807, 2.05) is 18.2 Å². The summed E-state index contributed by atoms with van der Waals surface area (Å²) in [5.74, 6) is 5.91. The van der Waals surface area contributed by atoms with Gasteiger partial charge in [-0.25, -0.2) is 4.39 Å². The summed E-state index contributed by atoms with van der Waals surface area (Å²) in [6.07, 6.45) is 3.20. The van der Waals surface area contributed by atoms with Gasteiger partial charge in [0.15, 0.2) is 0 Å². The Kier molecular flexibility index (Phi) is 5.03. The van der Waals surface area contributed by atoms with Crippen LogP contribution in [0.1, 0.15) is 23.7 Å². The molecule has 5 heteroatoms. The fraction of sp³-hybridized carbons (Fsp3) is 0.267. The SMILES string of the molecule is COc1ccc(F)cc1C(CCc1ccccn1)NN. The fourth-order valence-corrected chi connectivity index (χ4v) is 2.14. The molecule has 1 aromatic heterocycles. The number of aromatic nitrogens is 1. The molecule has 1 aromatic carbocycles. The van der Waals surface area contributed by atoms with Crippen molar-refractivity contribution in [3.63, 3.8) is 0 Å². The molecule has 0 saturated carbocycles. The van der Waals surface area contributed by atoms with Crippen LogP contribution in [0.15, 0.2) is 42.6 Å². The molecule has 4 nitrogen and oxygen atoms in total. The zero-order valence-electron chi connectivity index (χ0n) is 11.3. The summed E-state index contributed by atoms with van der Waals surface area (Å²) < 4.78 is 18.7. The van der Waals surface area contributed by atoms with Crippen LogP contribution in [0.3, 0.4) is 0 Å². The minimum atomic E-state index is -0.307. The highest BCUT2D eigenvalue weighted by Crippen LogP contribution is 2.28. The van der Waals surface area contributed by atoms with Crippen LogP contribution >= 0.6 is 0 Å². The maximum absolute atomic E-state index is 13.4. The predicted octanol–water partition coefficient (Wildman–Crippen LogP) is 2.37. The molecule has 0 aliphatic carbocycles. The van der Waals surface area contributed by atoms with Gasteiger partial charge in [-0.3, -0.25) is 16.3 Å². The highest BCUT2D eigenvalue weighted by Gasteiger charge is 2.16. The first-order valence-corrected chi connectivity index (χ1v) is 6.44. The maximum Gasteiger partial charge on any atom is 0.123 e. The van der Waals surface area contributed by atoms with E-state index in [4.69, 9.17) is 10.6 Å². The van der Waals surface area contributed by atoms with Crippen LogP contribution < -0.4 is 16.0 Å². The summed E-state index contributed by atoms with van der Waals surface area (Å²) >= 11 is 0. The van der Waals surface area contributed by atoms with E-state index in [2.05, 4.69) is 10.4 Å². The van der Waals surface area contributed by atoms with E-state index in [0.717, 1.165) is 12.1 Å². The molecule has 0 amide bonds. The lowest BCUT2D eigenvalue weighted by atomic mass is 10.00. The Morgan fingerprint density at radius 2 is 2.20 bits per heavy atom. The van der Waals surface area contributed by atoms with Gasteiger partial charge in [0.25, 0.3) is 0 Å². The molecular formula is C15H18FN3O. The Morgan fingerprint density at radius 3 is 2.85 bits per heavy atom. The first kappa shape index (κ1) is 14.4. The Hall–Kier alpha value is -1.98. The van der Waals surface area contributed by atoms with Gasteiger partial charge in [0.2, 0.25) is 0 Å². The average Bonchev–Trinajstić information content (AvgIpc) is 2.49. The van der Waals surface area contributed by atoms with Gasteiger partial charge < -0.3 is 4.74 Å². The number of methoxy groups -OCH3 is 1. The van der Waals surface area contributed by atoms with E-state index in [1.165, 1.54) is 12.1 Å². The number of ether oxygens (including phenoxy) is 1. The number of aryl methyl sites for hydroxylation is 1. The van der Waals surface area contributed by atoms with Crippen LogP contribution in [-0.4, -0.2) is 12.1 Å². The number of hydrazine groups is 1. The van der Waals surface area contributed by atoms with Crippen molar-refractivity contribution in [2.45, 2.75) is 18.9 Å². The molecule has 2 aromatic rings. The minimum absolute atomic E-state index is 0.192. The molecule has 0 spiro atoms. The van der Waals surface area contributed by atoms with Crippen LogP contribution in [0.5, 0.6) is 5.75 Å². The van der Waals surface area contributed by atoms with E-state index in [-0.39, 0.29) is 11.9 Å². The molecule has 0 bridgehead atoms. The van der Waals surface area contributed by atoms with Crippen LogP contribution in [0.4, 0.5) is 4.39 Å². The van der Waals surface area contributed by atoms with Gasteiger partial charge in [-0.05, 0) is 43.2 Å². The number of hydrogen-bond acceptors (Lipinski definition) is 4. The summed E-state index contributed by atoms with van der Waals surface area (Å²) in [7, 11) is 1.56. The van der Waals surface area contributed by atoms with Crippen LogP contribution in [-0.2, 0) is 6.42 Å². The lowest BCUT2D eigenvalue weighted by Crippen LogP contribution is -2.29. The summed E-state index contributed by atoms with van der Waals surface area (Å²) in [6, 6.07) is 10.00. The second-order valence-corrected chi connectivity index (χ2v) is 4.47. The van der Waals surface area contributed by atoms with Gasteiger partial charge in [-0.15, -0.1) is 0 Å². The third-order valence-electron chi connectivity index (χ3n) is 3.18. The van der Waals surface area contributed by atoms with Gasteiger partial charge in [-0.2, -0.15) is 0 Å². The van der Waals surface area contributed by atoms with Crippen molar-refractivity contribution in [3.8, 4) is 5.75 Å². The molecule has 1 atom stereocenters. The molecule has 0 aliphatic rings. The van der Waals surface area contributed by atoms with E-state index >= 15 is 0 Å². The monoisotopic (exact) mass is 275 g/mol. The van der Waals surface area contributed by atoms with E-state index in [9.17, 15) is 4.39 Å². The van der Waals surface area contributed by atoms with Gasteiger partial charge in [0, 0.05) is 17.5 Å². The normalized spacial score (nSPS) is 12.2. The molecular weight excluding hydrogens is 257 g/mol. The largest absolute Gasteiger partial charge is 0.496 e. The first-order chi connectivity index (χ1) is 9.74. The van der Waals surface area contributed by atoms with Crippen molar-refractivity contribution in [2.24, 2.45) is 5.84 Å². The molecule has 20 heavy (non-hydrogen) atoms. The lowest BCUT2D eigenvalue weighted by molar-refractivity contribution is 0.394. The molecule has 0 aliphatic heterocycles. The number of rotatable bonds is 6. The fourth-order valence-electron chi connectivity index (χ4n) is 2.14. The number of pyridine rings is 1. The van der Waals surface area contributed by atoms with Crippen LogP contribution in [0.2, 0.25) is 0 Å². The van der Waals surface area contributed by atoms with E-state index in [1.54, 1.807) is 19.4 Å². The van der Waals surface area contributed by atoms with Gasteiger partial charge in [0.1, 0.15) is 11.6 Å². The van der Waals surface area contributed by atoms with Crippen molar-refractivity contribution in [3.05, 3.63) is 59.7 Å². The summed E-state index contributed by atoms with van der Waals surface area (Å²) in [5, 5.41) is 0. The van der Waals surface area contributed by atoms with Crippen molar-refractivity contribution < 1.29 is 9.13 Å². The minimum Gasteiger partial charge on any atom is -0.496 e. The van der Waals surface area contributed by atoms with Gasteiger partial charge in [-0.1, -0.05) is 6.07 Å². The molecule has 1 heterocycles. The maximum atomic E-state index is 13.4. The van der Waals surface area contributed by atoms with Gasteiger partial charge >= 0.3 is 0 Å². The van der Waals surface area contributed by atoms with E-state index in [0.29, 0.717) is 17.7 Å². The number of nitrogens with zero attached hydrogens (tertiary/aromatic N) is 1. The molecule has 0 saturated heterocycles. The van der Waals surface area contributed by atoms with Crippen LogP contribution in [0.25, 0.3) is 0 Å². The number of halogens is 1. The molecule has 3 N–H and O–H groups in total. The number of hydrogen-bond donors (Lipinski definition) is 2. The van der Waals surface area contributed by atoms with Crippen molar-refractivity contribution in [2.75, 3.05) is 7.11 Å². The number of benzene rings is 1. The van der Waals surface area contributed by atoms with Crippen molar-refractivity contribution >= 4 is 0 Å². The molecule has 2 rings (SSSR count). The summed E-state index contributed by atoms with van der Waals surface area (Å²) in [5.41, 5.74) is 4.41. The quantitative estimate of drug-likeness (QED) is 0.627. The second-order valence-electron chi connectivity index (χ2n) is 4.47. The topological polar surface area (TPSA) is 60.2 Å². The molecule has 1 unspecified atom stereocenters. The lowest BCUT2D eigenvalue weighted by Gasteiger charge is -2.19. The third kappa shape index (κ3) is 3.53. The zero-order chi connectivity index (χ0) is 14.4. The van der Waals surface area contributed by atoms with Crippen molar-refractivity contribution in [1.29, 1.82) is 0 Å². The smallest absolute Gasteiger partial charge is 0.123 e. The van der Waals surface area contributed by atoms with E-state index < -0.39 is 0 Å². The van der Waals surface area contributed by atoms with Gasteiger partial charge in [0.05, 0.1) is 13.2 Å². The summed E-state index contributed by atoms with van der Waals surface area (Å²) in [6.45, 7) is 0. The molecule has 0 radical (unpaired) electrons. The first-order valence-electron chi connectivity index (χ1n) is 6.44. The van der Waals surface area contributed by atoms with Crippen molar-refractivity contribution in [1.82, 2.24) is 10.4 Å². The average molecular weight is 275 g/mol. The van der Waals surface area contributed by atoms with Crippen LogP contribution in [0, 0.1) is 5.82 Å². The Labute approximate surface area is 117 Å². The molecule has 0 fully saturated rings. The summed E-state index contributed by atoms with van der Waals surface area (Å²) in [4.78, 5) is 4.26. The highest BCUT2D eigenvalue weighted by molar-refractivity contribution is 5.36. The predicted molar refractivity (Wildman–Crippen MR) is 75.6 cm³/mol. The Balaban J connectivity index is 2.14. The number of nitrogens with one attached hydrogen (secondary N) is 1. The standard InChI is InChI=1S/C15H18FN3O/c1-20-15-8-5-11(16)10-13(15)14(19-17)7-6-12-4-2-3-9-18-12/h2-5,8-10,14,19H,6-7,17H2,1H3. The Morgan fingerprint density at radius 1 is 1.35 bits per heavy atom. The second kappa shape index (κ2) is 6.98. The highest BCUT2D eigenvalue weighted by atomic mass is 19.1.